The first-order valence-corrected chi connectivity index (χ1v) is 11.6. The van der Waals surface area contributed by atoms with Gasteiger partial charge in [0.25, 0.3) is 5.91 Å². The molecule has 2 heterocycles. The summed E-state index contributed by atoms with van der Waals surface area (Å²) in [6.45, 7) is 7.93. The third-order valence-electron chi connectivity index (χ3n) is 6.83. The minimum Gasteiger partial charge on any atom is -0.493 e. The summed E-state index contributed by atoms with van der Waals surface area (Å²) in [6.07, 6.45) is 8.26. The Hall–Kier alpha value is -1.59. The number of benzene rings is 1. The zero-order valence-corrected chi connectivity index (χ0v) is 17.8. The molecule has 5 nitrogen and oxygen atoms in total. The number of piperidine rings is 1. The lowest BCUT2D eigenvalue weighted by Gasteiger charge is -2.39. The predicted octanol–water partition coefficient (Wildman–Crippen LogP) is 3.66. The van der Waals surface area contributed by atoms with E-state index >= 15 is 0 Å². The largest absolute Gasteiger partial charge is 0.493 e. The lowest BCUT2D eigenvalue weighted by atomic mass is 9.83. The first-order valence-electron chi connectivity index (χ1n) is 11.6. The number of hydrogen-bond acceptors (Lipinski definition) is 4. The Morgan fingerprint density at radius 3 is 3.03 bits per heavy atom. The van der Waals surface area contributed by atoms with E-state index in [2.05, 4.69) is 17.1 Å². The molecule has 0 aromatic heterocycles. The number of carbonyl (C=O) groups excluding carboxylic acids is 1. The van der Waals surface area contributed by atoms with Crippen molar-refractivity contribution in [1.82, 2.24) is 10.2 Å². The summed E-state index contributed by atoms with van der Waals surface area (Å²) in [6, 6.07) is 6.15. The van der Waals surface area contributed by atoms with Crippen LogP contribution in [0.2, 0.25) is 0 Å². The number of likely N-dealkylation sites (tertiary alicyclic amines) is 1. The van der Waals surface area contributed by atoms with Crippen LogP contribution in [0.3, 0.4) is 0 Å². The lowest BCUT2D eigenvalue weighted by Crippen LogP contribution is -2.48. The van der Waals surface area contributed by atoms with Gasteiger partial charge >= 0.3 is 0 Å². The monoisotopic (exact) mass is 400 g/mol. The number of fused-ring (bicyclic) bond motifs is 1. The molecule has 160 valence electrons. The number of ether oxygens (including phenoxy) is 2. The first-order chi connectivity index (χ1) is 14.2. The van der Waals surface area contributed by atoms with Gasteiger partial charge in [0.1, 0.15) is 5.75 Å². The van der Waals surface area contributed by atoms with E-state index in [-0.39, 0.29) is 11.9 Å². The van der Waals surface area contributed by atoms with Crippen LogP contribution in [-0.4, -0.2) is 56.3 Å². The van der Waals surface area contributed by atoms with Gasteiger partial charge in [0.2, 0.25) is 0 Å². The smallest absolute Gasteiger partial charge is 0.251 e. The second-order valence-electron chi connectivity index (χ2n) is 8.97. The predicted molar refractivity (Wildman–Crippen MR) is 115 cm³/mol. The van der Waals surface area contributed by atoms with Gasteiger partial charge in [-0.1, -0.05) is 12.8 Å². The minimum absolute atomic E-state index is 0.0736. The molecule has 1 saturated heterocycles. The van der Waals surface area contributed by atoms with Gasteiger partial charge in [0.15, 0.2) is 0 Å². The summed E-state index contributed by atoms with van der Waals surface area (Å²) in [5.41, 5.74) is 1.93. The van der Waals surface area contributed by atoms with Gasteiger partial charge in [-0.25, -0.2) is 0 Å². The van der Waals surface area contributed by atoms with Gasteiger partial charge < -0.3 is 19.7 Å². The Morgan fingerprint density at radius 2 is 2.14 bits per heavy atom. The summed E-state index contributed by atoms with van der Waals surface area (Å²) in [5.74, 6) is 2.22. The molecule has 1 aliphatic carbocycles. The summed E-state index contributed by atoms with van der Waals surface area (Å²) >= 11 is 0. The van der Waals surface area contributed by atoms with E-state index in [4.69, 9.17) is 9.47 Å². The molecule has 3 atom stereocenters. The summed E-state index contributed by atoms with van der Waals surface area (Å²) in [5, 5.41) is 3.38. The van der Waals surface area contributed by atoms with Gasteiger partial charge in [0, 0.05) is 37.7 Å². The standard InChI is InChI=1S/C24H36N2O3/c1-2-28-17-18-6-5-12-26(15-18)16-21-7-3-4-8-22(21)25-24(27)20-9-10-23-19(14-20)11-13-29-23/h9-10,14,18,21-22H,2-8,11-13,15-17H2,1H3,(H,25,27)/t18-,21-,22+/m1/s1. The second kappa shape index (κ2) is 9.94. The number of nitrogens with one attached hydrogen (secondary N) is 1. The second-order valence-corrected chi connectivity index (χ2v) is 8.97. The Balaban J connectivity index is 1.34. The number of amides is 1. The third-order valence-corrected chi connectivity index (χ3v) is 6.83. The van der Waals surface area contributed by atoms with E-state index in [1.54, 1.807) is 0 Å². The first kappa shape index (κ1) is 20.7. The summed E-state index contributed by atoms with van der Waals surface area (Å²) < 4.78 is 11.2. The molecule has 2 fully saturated rings. The Bertz CT molecular complexity index is 693. The molecule has 0 radical (unpaired) electrons. The quantitative estimate of drug-likeness (QED) is 0.759. The SMILES string of the molecule is CCOC[C@@H]1CCCN(C[C@H]2CCCC[C@@H]2NC(=O)c2ccc3c(c2)CCO3)C1. The van der Waals surface area contributed by atoms with Crippen LogP contribution in [-0.2, 0) is 11.2 Å². The van der Waals surface area contributed by atoms with Crippen molar-refractivity contribution in [3.8, 4) is 5.75 Å². The van der Waals surface area contributed by atoms with Crippen molar-refractivity contribution < 1.29 is 14.3 Å². The van der Waals surface area contributed by atoms with Crippen LogP contribution in [0.1, 0.15) is 61.4 Å². The van der Waals surface area contributed by atoms with E-state index in [1.165, 1.54) is 38.6 Å². The van der Waals surface area contributed by atoms with Crippen LogP contribution >= 0.6 is 0 Å². The fraction of sp³-hybridized carbons (Fsp3) is 0.708. The lowest BCUT2D eigenvalue weighted by molar-refractivity contribution is 0.0548. The topological polar surface area (TPSA) is 50.8 Å². The molecule has 1 amide bonds. The zero-order chi connectivity index (χ0) is 20.1. The van der Waals surface area contributed by atoms with E-state index in [1.807, 2.05) is 18.2 Å². The van der Waals surface area contributed by atoms with E-state index < -0.39 is 0 Å². The van der Waals surface area contributed by atoms with Crippen molar-refractivity contribution >= 4 is 5.91 Å². The molecule has 1 saturated carbocycles. The van der Waals surface area contributed by atoms with Crippen LogP contribution < -0.4 is 10.1 Å². The fourth-order valence-electron chi connectivity index (χ4n) is 5.27. The maximum absolute atomic E-state index is 12.9. The Kier molecular flexibility index (Phi) is 7.09. The molecule has 5 heteroatoms. The fourth-order valence-corrected chi connectivity index (χ4v) is 5.27. The highest BCUT2D eigenvalue weighted by atomic mass is 16.5. The molecule has 0 bridgehead atoms. The van der Waals surface area contributed by atoms with Crippen molar-refractivity contribution in [2.45, 2.75) is 57.9 Å². The van der Waals surface area contributed by atoms with Crippen molar-refractivity contribution in [3.63, 3.8) is 0 Å². The van der Waals surface area contributed by atoms with E-state index in [0.29, 0.717) is 11.8 Å². The summed E-state index contributed by atoms with van der Waals surface area (Å²) in [7, 11) is 0. The number of rotatable bonds is 7. The normalized spacial score (nSPS) is 27.3. The Labute approximate surface area is 175 Å². The highest BCUT2D eigenvalue weighted by Gasteiger charge is 2.30. The van der Waals surface area contributed by atoms with Crippen molar-refractivity contribution in [2.24, 2.45) is 11.8 Å². The van der Waals surface area contributed by atoms with Crippen molar-refractivity contribution in [3.05, 3.63) is 29.3 Å². The molecule has 1 aromatic rings. The molecule has 29 heavy (non-hydrogen) atoms. The maximum atomic E-state index is 12.9. The van der Waals surface area contributed by atoms with E-state index in [9.17, 15) is 4.79 Å². The molecule has 3 aliphatic rings. The molecule has 1 N–H and O–H groups in total. The molecular formula is C24H36N2O3. The minimum atomic E-state index is 0.0736. The molecular weight excluding hydrogens is 364 g/mol. The molecule has 4 rings (SSSR count). The third kappa shape index (κ3) is 5.32. The Morgan fingerprint density at radius 1 is 1.24 bits per heavy atom. The van der Waals surface area contributed by atoms with E-state index in [0.717, 1.165) is 62.6 Å². The van der Waals surface area contributed by atoms with Crippen molar-refractivity contribution in [2.75, 3.05) is 39.5 Å². The average Bonchev–Trinajstić information content (AvgIpc) is 3.22. The highest BCUT2D eigenvalue weighted by Crippen LogP contribution is 2.29. The van der Waals surface area contributed by atoms with Gasteiger partial charge in [-0.15, -0.1) is 0 Å². The average molecular weight is 401 g/mol. The molecule has 0 unspecified atom stereocenters. The summed E-state index contributed by atoms with van der Waals surface area (Å²) in [4.78, 5) is 15.6. The van der Waals surface area contributed by atoms with Crippen LogP contribution in [0.25, 0.3) is 0 Å². The van der Waals surface area contributed by atoms with Gasteiger partial charge in [-0.3, -0.25) is 4.79 Å². The number of hydrogen-bond donors (Lipinski definition) is 1. The zero-order valence-electron chi connectivity index (χ0n) is 17.8. The van der Waals surface area contributed by atoms with Crippen molar-refractivity contribution in [1.29, 1.82) is 0 Å². The number of carbonyl (C=O) groups is 1. The highest BCUT2D eigenvalue weighted by molar-refractivity contribution is 5.94. The van der Waals surface area contributed by atoms with Crippen LogP contribution in [0.15, 0.2) is 18.2 Å². The molecule has 2 aliphatic heterocycles. The van der Waals surface area contributed by atoms with Gasteiger partial charge in [-0.05, 0) is 74.8 Å². The van der Waals surface area contributed by atoms with Crippen LogP contribution in [0.4, 0.5) is 0 Å². The van der Waals surface area contributed by atoms with Crippen LogP contribution in [0.5, 0.6) is 5.75 Å². The molecule has 1 aromatic carbocycles. The maximum Gasteiger partial charge on any atom is 0.251 e. The van der Waals surface area contributed by atoms with Gasteiger partial charge in [0.05, 0.1) is 13.2 Å². The molecule has 0 spiro atoms. The van der Waals surface area contributed by atoms with Gasteiger partial charge in [-0.2, -0.15) is 0 Å². The van der Waals surface area contributed by atoms with Crippen LogP contribution in [0, 0.1) is 11.8 Å². The number of nitrogens with zero attached hydrogens (tertiary/aromatic N) is 1.